The van der Waals surface area contributed by atoms with Gasteiger partial charge in [0, 0.05) is 0 Å². The second-order valence-electron chi connectivity index (χ2n) is 2.59. The molecule has 1 unspecified atom stereocenters. The van der Waals surface area contributed by atoms with Gasteiger partial charge in [0.05, 0.1) is 0 Å². The maximum absolute atomic E-state index is 3.78. The summed E-state index contributed by atoms with van der Waals surface area (Å²) in [6.07, 6.45) is 8.40. The minimum absolute atomic E-state index is 0.529. The smallest absolute Gasteiger partial charge is 0.00788 e. The Hall–Kier alpha value is -0.780. The molecule has 0 fully saturated rings. The second kappa shape index (κ2) is 5.04. The van der Waals surface area contributed by atoms with Crippen LogP contribution in [0.3, 0.4) is 0 Å². The molecular weight excluding hydrogens is 120 g/mol. The van der Waals surface area contributed by atoms with Crippen molar-refractivity contribution in [3.05, 3.63) is 36.5 Å². The van der Waals surface area contributed by atoms with E-state index >= 15 is 0 Å². The lowest BCUT2D eigenvalue weighted by Crippen LogP contribution is -1.80. The van der Waals surface area contributed by atoms with Crippen molar-refractivity contribution in [1.29, 1.82) is 0 Å². The fourth-order valence-corrected chi connectivity index (χ4v) is 0.684. The molecule has 0 aliphatic rings. The molecule has 0 nitrogen and oxygen atoms in total. The van der Waals surface area contributed by atoms with Gasteiger partial charge in [-0.15, -0.1) is 0 Å². The Balaban J connectivity index is 3.77. The number of allylic oxidation sites excluding steroid dienone is 5. The van der Waals surface area contributed by atoms with Gasteiger partial charge in [-0.3, -0.25) is 0 Å². The Bertz CT molecular complexity index is 149. The van der Waals surface area contributed by atoms with Crippen molar-refractivity contribution < 1.29 is 0 Å². The Morgan fingerprint density at radius 1 is 1.40 bits per heavy atom. The summed E-state index contributed by atoms with van der Waals surface area (Å²) in [5.41, 5.74) is 1.11. The van der Waals surface area contributed by atoms with Gasteiger partial charge in [-0.2, -0.15) is 0 Å². The third-order valence-corrected chi connectivity index (χ3v) is 1.18. The summed E-state index contributed by atoms with van der Waals surface area (Å²) in [6.45, 7) is 9.96. The first kappa shape index (κ1) is 9.22. The zero-order valence-electron chi connectivity index (χ0n) is 7.09. The fraction of sp³-hybridized carbons (Fsp3) is 0.400. The molecule has 0 aromatic heterocycles. The molecule has 0 bridgehead atoms. The van der Waals surface area contributed by atoms with E-state index in [1.807, 2.05) is 19.9 Å². The summed E-state index contributed by atoms with van der Waals surface area (Å²) in [5.74, 6) is 0.529. The summed E-state index contributed by atoms with van der Waals surface area (Å²) in [5, 5.41) is 0. The van der Waals surface area contributed by atoms with E-state index < -0.39 is 0 Å². The molecule has 56 valence electrons. The molecule has 0 N–H and O–H groups in total. The zero-order chi connectivity index (χ0) is 7.98. The molecule has 0 radical (unpaired) electrons. The van der Waals surface area contributed by atoms with Crippen LogP contribution in [0.1, 0.15) is 20.8 Å². The topological polar surface area (TPSA) is 0 Å². The largest absolute Gasteiger partial charge is 0.0961 e. The van der Waals surface area contributed by atoms with Gasteiger partial charge in [-0.1, -0.05) is 43.4 Å². The normalized spacial score (nSPS) is 14.7. The second-order valence-corrected chi connectivity index (χ2v) is 2.59. The van der Waals surface area contributed by atoms with Crippen molar-refractivity contribution in [2.75, 3.05) is 0 Å². The predicted octanol–water partition coefficient (Wildman–Crippen LogP) is 3.33. The SMILES string of the molecule is C=C(C)/C=C\C(C)/C=C\C. The molecule has 0 spiro atoms. The number of hydrogen-bond acceptors (Lipinski definition) is 0. The molecule has 0 aliphatic heterocycles. The highest BCUT2D eigenvalue weighted by molar-refractivity contribution is 5.13. The lowest BCUT2D eigenvalue weighted by molar-refractivity contribution is 0.936. The van der Waals surface area contributed by atoms with Gasteiger partial charge in [0.25, 0.3) is 0 Å². The zero-order valence-corrected chi connectivity index (χ0v) is 7.09. The average molecular weight is 136 g/mol. The maximum Gasteiger partial charge on any atom is -0.00788 e. The van der Waals surface area contributed by atoms with Gasteiger partial charge in [-0.05, 0) is 19.8 Å². The molecule has 0 saturated heterocycles. The van der Waals surface area contributed by atoms with Crippen LogP contribution < -0.4 is 0 Å². The van der Waals surface area contributed by atoms with Gasteiger partial charge in [-0.25, -0.2) is 0 Å². The van der Waals surface area contributed by atoms with Crippen molar-refractivity contribution in [1.82, 2.24) is 0 Å². The van der Waals surface area contributed by atoms with E-state index in [-0.39, 0.29) is 0 Å². The summed E-state index contributed by atoms with van der Waals surface area (Å²) in [7, 11) is 0. The summed E-state index contributed by atoms with van der Waals surface area (Å²) in [4.78, 5) is 0. The van der Waals surface area contributed by atoms with Crippen LogP contribution in [0.2, 0.25) is 0 Å². The summed E-state index contributed by atoms with van der Waals surface area (Å²) in [6, 6.07) is 0. The van der Waals surface area contributed by atoms with E-state index in [0.717, 1.165) is 5.57 Å². The number of hydrogen-bond donors (Lipinski definition) is 0. The molecule has 0 aromatic carbocycles. The Kier molecular flexibility index (Phi) is 4.65. The van der Waals surface area contributed by atoms with Gasteiger partial charge >= 0.3 is 0 Å². The van der Waals surface area contributed by atoms with E-state index in [1.165, 1.54) is 0 Å². The molecule has 0 heterocycles. The first-order valence-corrected chi connectivity index (χ1v) is 3.63. The van der Waals surface area contributed by atoms with Crippen molar-refractivity contribution >= 4 is 0 Å². The molecule has 0 amide bonds. The third-order valence-electron chi connectivity index (χ3n) is 1.18. The van der Waals surface area contributed by atoms with Gasteiger partial charge in [0.1, 0.15) is 0 Å². The predicted molar refractivity (Wildman–Crippen MR) is 47.9 cm³/mol. The molecule has 0 aromatic rings. The van der Waals surface area contributed by atoms with E-state index in [4.69, 9.17) is 0 Å². The minimum Gasteiger partial charge on any atom is -0.0961 e. The van der Waals surface area contributed by atoms with E-state index in [9.17, 15) is 0 Å². The van der Waals surface area contributed by atoms with Crippen LogP contribution in [-0.2, 0) is 0 Å². The van der Waals surface area contributed by atoms with Crippen LogP contribution in [-0.4, -0.2) is 0 Å². The third kappa shape index (κ3) is 5.36. The molecule has 10 heavy (non-hydrogen) atoms. The highest BCUT2D eigenvalue weighted by Crippen LogP contribution is 2.01. The standard InChI is InChI=1S/C10H16/c1-5-6-10(4)8-7-9(2)3/h5-8,10H,2H2,1,3-4H3/b6-5-,8-7-. The van der Waals surface area contributed by atoms with Crippen LogP contribution in [0.15, 0.2) is 36.5 Å². The molecule has 0 aliphatic carbocycles. The first-order chi connectivity index (χ1) is 4.66. The van der Waals surface area contributed by atoms with Crippen molar-refractivity contribution in [2.45, 2.75) is 20.8 Å². The quantitative estimate of drug-likeness (QED) is 0.412. The Morgan fingerprint density at radius 2 is 2.00 bits per heavy atom. The van der Waals surface area contributed by atoms with Gasteiger partial charge in [0.2, 0.25) is 0 Å². The molecule has 1 atom stereocenters. The fourth-order valence-electron chi connectivity index (χ4n) is 0.684. The summed E-state index contributed by atoms with van der Waals surface area (Å²) < 4.78 is 0. The van der Waals surface area contributed by atoms with Crippen LogP contribution in [0, 0.1) is 5.92 Å². The molecule has 0 rings (SSSR count). The van der Waals surface area contributed by atoms with Crippen molar-refractivity contribution in [3.8, 4) is 0 Å². The van der Waals surface area contributed by atoms with E-state index in [1.54, 1.807) is 0 Å². The average Bonchev–Trinajstić information content (AvgIpc) is 1.85. The number of rotatable bonds is 3. The molecule has 0 saturated carbocycles. The van der Waals surface area contributed by atoms with Crippen LogP contribution in [0.5, 0.6) is 0 Å². The lowest BCUT2D eigenvalue weighted by Gasteiger charge is -1.95. The highest BCUT2D eigenvalue weighted by Gasteiger charge is 1.85. The Labute approximate surface area is 64.0 Å². The van der Waals surface area contributed by atoms with E-state index in [0.29, 0.717) is 5.92 Å². The van der Waals surface area contributed by atoms with Gasteiger partial charge in [0.15, 0.2) is 0 Å². The minimum atomic E-state index is 0.529. The lowest BCUT2D eigenvalue weighted by atomic mass is 10.1. The van der Waals surface area contributed by atoms with Crippen LogP contribution >= 0.6 is 0 Å². The van der Waals surface area contributed by atoms with Crippen molar-refractivity contribution in [3.63, 3.8) is 0 Å². The van der Waals surface area contributed by atoms with Crippen molar-refractivity contribution in [2.24, 2.45) is 5.92 Å². The highest BCUT2D eigenvalue weighted by atomic mass is 13.9. The monoisotopic (exact) mass is 136 g/mol. The Morgan fingerprint density at radius 3 is 2.40 bits per heavy atom. The molecule has 0 heteroatoms. The molecular formula is C10H16. The van der Waals surface area contributed by atoms with Crippen LogP contribution in [0.4, 0.5) is 0 Å². The summed E-state index contributed by atoms with van der Waals surface area (Å²) >= 11 is 0. The van der Waals surface area contributed by atoms with E-state index in [2.05, 4.69) is 31.7 Å². The first-order valence-electron chi connectivity index (χ1n) is 3.63. The van der Waals surface area contributed by atoms with Gasteiger partial charge < -0.3 is 0 Å². The maximum atomic E-state index is 3.78. The van der Waals surface area contributed by atoms with Crippen LogP contribution in [0.25, 0.3) is 0 Å².